The lowest BCUT2D eigenvalue weighted by atomic mass is 10.1. The molecule has 1 aromatic heterocycles. The van der Waals surface area contributed by atoms with Crippen molar-refractivity contribution in [2.45, 2.75) is 19.8 Å². The van der Waals surface area contributed by atoms with E-state index in [2.05, 4.69) is 0 Å². The molecule has 1 aliphatic rings. The Morgan fingerprint density at radius 3 is 2.93 bits per heavy atom. The summed E-state index contributed by atoms with van der Waals surface area (Å²) in [5.74, 6) is -0.214. The van der Waals surface area contributed by atoms with Crippen LogP contribution in [0.5, 0.6) is 0 Å². The lowest BCUT2D eigenvalue weighted by Gasteiger charge is -2.18. The molecule has 2 heterocycles. The maximum absolute atomic E-state index is 11.5. The highest BCUT2D eigenvalue weighted by Gasteiger charge is 2.24. The molecule has 1 aliphatic heterocycles. The Balaban J connectivity index is 2.62. The molecule has 0 unspecified atom stereocenters. The molecule has 0 atom stereocenters. The molecule has 0 spiro atoms. The van der Waals surface area contributed by atoms with E-state index in [0.29, 0.717) is 12.1 Å². The molecule has 0 aromatic carbocycles. The van der Waals surface area contributed by atoms with Gasteiger partial charge in [0.1, 0.15) is 0 Å². The van der Waals surface area contributed by atoms with Crippen molar-refractivity contribution in [3.8, 4) is 0 Å². The summed E-state index contributed by atoms with van der Waals surface area (Å²) in [5, 5.41) is 11.5. The van der Waals surface area contributed by atoms with Crippen LogP contribution in [0, 0.1) is 0 Å². The fraction of sp³-hybridized carbons (Fsp3) is 0.273. The molecule has 0 radical (unpaired) electrons. The minimum atomic E-state index is -0.160. The number of aromatic nitrogens is 1. The van der Waals surface area contributed by atoms with Crippen LogP contribution in [0.25, 0.3) is 5.70 Å². The molecule has 0 amide bonds. The van der Waals surface area contributed by atoms with Gasteiger partial charge in [0.05, 0.1) is 0 Å². The van der Waals surface area contributed by atoms with Gasteiger partial charge in [-0.1, -0.05) is 11.8 Å². The second-order valence-corrected chi connectivity index (χ2v) is 3.39. The fourth-order valence-corrected chi connectivity index (χ4v) is 1.76. The van der Waals surface area contributed by atoms with E-state index >= 15 is 0 Å². The third-order valence-corrected chi connectivity index (χ3v) is 2.39. The minimum absolute atomic E-state index is 0.0544. The van der Waals surface area contributed by atoms with E-state index in [1.165, 1.54) is 6.92 Å². The first-order chi connectivity index (χ1) is 6.70. The topological polar surface area (TPSA) is 44.0 Å². The third kappa shape index (κ3) is 1.31. The van der Waals surface area contributed by atoms with Crippen molar-refractivity contribution in [2.75, 3.05) is 0 Å². The van der Waals surface area contributed by atoms with Gasteiger partial charge in [0, 0.05) is 25.5 Å². The average molecular weight is 189 g/mol. The first-order valence-corrected chi connectivity index (χ1v) is 4.61. The highest BCUT2D eigenvalue weighted by atomic mass is 16.3. The average Bonchev–Trinajstić information content (AvgIpc) is 2.17. The van der Waals surface area contributed by atoms with Gasteiger partial charge in [-0.25, -0.2) is 0 Å². The predicted molar refractivity (Wildman–Crippen MR) is 48.9 cm³/mol. The van der Waals surface area contributed by atoms with Crippen molar-refractivity contribution in [3.63, 3.8) is 0 Å². The van der Waals surface area contributed by atoms with E-state index < -0.39 is 0 Å². The minimum Gasteiger partial charge on any atom is -0.871 e. The summed E-state index contributed by atoms with van der Waals surface area (Å²) < 4.78 is 1.70. The number of carbonyl (C=O) groups excluding carboxylic acids is 1. The van der Waals surface area contributed by atoms with Crippen molar-refractivity contribution in [2.24, 2.45) is 0 Å². The van der Waals surface area contributed by atoms with E-state index in [1.54, 1.807) is 10.8 Å². The lowest BCUT2D eigenvalue weighted by Crippen LogP contribution is -2.44. The third-order valence-electron chi connectivity index (χ3n) is 2.39. The number of ketones is 1. The molecule has 0 bridgehead atoms. The molecule has 1 aromatic rings. The molecule has 0 fully saturated rings. The Kier molecular flexibility index (Phi) is 2.08. The maximum atomic E-state index is 11.5. The number of pyridine rings is 1. The SMILES string of the molecule is CC(=O)C1=C([O-])CCc2cccc[n+]21. The zero-order valence-corrected chi connectivity index (χ0v) is 7.99. The van der Waals surface area contributed by atoms with Crippen LogP contribution < -0.4 is 9.67 Å². The number of Topliss-reactive ketones (excluding diaryl/α,β-unsaturated/α-hetero) is 1. The smallest absolute Gasteiger partial charge is 0.241 e. The summed E-state index contributed by atoms with van der Waals surface area (Å²) in [6.07, 6.45) is 2.93. The largest absolute Gasteiger partial charge is 0.871 e. The summed E-state index contributed by atoms with van der Waals surface area (Å²) in [4.78, 5) is 11.3. The summed E-state index contributed by atoms with van der Waals surface area (Å²) in [6.45, 7) is 1.43. The summed E-state index contributed by atoms with van der Waals surface area (Å²) in [5.41, 5.74) is 1.32. The summed E-state index contributed by atoms with van der Waals surface area (Å²) in [7, 11) is 0. The van der Waals surface area contributed by atoms with E-state index in [1.807, 2.05) is 18.2 Å². The first kappa shape index (κ1) is 8.94. The van der Waals surface area contributed by atoms with Crippen LogP contribution in [0.1, 0.15) is 19.0 Å². The number of aryl methyl sites for hydroxylation is 1. The molecule has 2 rings (SSSR count). The van der Waals surface area contributed by atoms with E-state index in [9.17, 15) is 9.90 Å². The van der Waals surface area contributed by atoms with Gasteiger partial charge in [0.25, 0.3) is 0 Å². The van der Waals surface area contributed by atoms with Crippen molar-refractivity contribution in [3.05, 3.63) is 35.8 Å². The van der Waals surface area contributed by atoms with Gasteiger partial charge >= 0.3 is 0 Å². The van der Waals surface area contributed by atoms with Crippen LogP contribution in [0.2, 0.25) is 0 Å². The van der Waals surface area contributed by atoms with E-state index in [-0.39, 0.29) is 11.5 Å². The van der Waals surface area contributed by atoms with Gasteiger partial charge in [0.2, 0.25) is 11.5 Å². The second-order valence-electron chi connectivity index (χ2n) is 3.39. The monoisotopic (exact) mass is 189 g/mol. The molecule has 0 aliphatic carbocycles. The van der Waals surface area contributed by atoms with E-state index in [0.717, 1.165) is 12.1 Å². The van der Waals surface area contributed by atoms with Gasteiger partial charge in [-0.05, 0) is 6.42 Å². The number of carbonyl (C=O) groups is 1. The van der Waals surface area contributed by atoms with E-state index in [4.69, 9.17) is 0 Å². The van der Waals surface area contributed by atoms with Crippen LogP contribution in [-0.2, 0) is 11.2 Å². The number of hydrogen-bond acceptors (Lipinski definition) is 2. The normalized spacial score (nSPS) is 15.2. The number of hydrogen-bond donors (Lipinski definition) is 0. The van der Waals surface area contributed by atoms with Crippen LogP contribution in [-0.4, -0.2) is 5.78 Å². The predicted octanol–water partition coefficient (Wildman–Crippen LogP) is 0.0382. The van der Waals surface area contributed by atoms with Crippen molar-refractivity contribution >= 4 is 11.5 Å². The Labute approximate surface area is 82.3 Å². The maximum Gasteiger partial charge on any atom is 0.241 e. The second kappa shape index (κ2) is 3.25. The van der Waals surface area contributed by atoms with Crippen molar-refractivity contribution in [1.29, 1.82) is 0 Å². The highest BCUT2D eigenvalue weighted by molar-refractivity contribution is 6.10. The molecule has 0 N–H and O–H groups in total. The first-order valence-electron chi connectivity index (χ1n) is 4.61. The van der Waals surface area contributed by atoms with Gasteiger partial charge in [0.15, 0.2) is 11.9 Å². The van der Waals surface area contributed by atoms with Gasteiger partial charge in [-0.15, -0.1) is 0 Å². The molecular formula is C11H11NO2. The molecule has 0 saturated heterocycles. The van der Waals surface area contributed by atoms with Crippen molar-refractivity contribution < 1.29 is 14.5 Å². The Hall–Kier alpha value is -1.64. The lowest BCUT2D eigenvalue weighted by molar-refractivity contribution is -0.594. The standard InChI is InChI=1S/C11H11NO2/c1-8(13)11-10(14)6-5-9-4-2-3-7-12(9)11/h2-4,7H,5-6H2,1H3. The van der Waals surface area contributed by atoms with Crippen molar-refractivity contribution in [1.82, 2.24) is 0 Å². The van der Waals surface area contributed by atoms with Crippen LogP contribution in [0.3, 0.4) is 0 Å². The Morgan fingerprint density at radius 2 is 2.21 bits per heavy atom. The summed E-state index contributed by atoms with van der Waals surface area (Å²) >= 11 is 0. The Morgan fingerprint density at radius 1 is 1.43 bits per heavy atom. The van der Waals surface area contributed by atoms with Gasteiger partial charge in [-0.2, -0.15) is 4.57 Å². The van der Waals surface area contributed by atoms with Crippen LogP contribution in [0.15, 0.2) is 30.2 Å². The van der Waals surface area contributed by atoms with Crippen LogP contribution in [0.4, 0.5) is 0 Å². The summed E-state index contributed by atoms with van der Waals surface area (Å²) in [6, 6.07) is 5.68. The number of rotatable bonds is 1. The zero-order valence-electron chi connectivity index (χ0n) is 7.99. The highest BCUT2D eigenvalue weighted by Crippen LogP contribution is 2.14. The number of nitrogens with zero attached hydrogens (tertiary/aromatic N) is 1. The van der Waals surface area contributed by atoms with Crippen LogP contribution >= 0.6 is 0 Å². The molecule has 3 nitrogen and oxygen atoms in total. The Bertz CT molecular complexity index is 421. The molecule has 3 heteroatoms. The zero-order chi connectivity index (χ0) is 10.1. The molecule has 14 heavy (non-hydrogen) atoms. The number of fused-ring (bicyclic) bond motifs is 1. The number of allylic oxidation sites excluding steroid dienone is 2. The molecular weight excluding hydrogens is 178 g/mol. The quantitative estimate of drug-likeness (QED) is 0.585. The molecule has 0 saturated carbocycles. The van der Waals surface area contributed by atoms with Gasteiger partial charge < -0.3 is 5.11 Å². The van der Waals surface area contributed by atoms with Gasteiger partial charge in [-0.3, -0.25) is 4.79 Å². The fourth-order valence-electron chi connectivity index (χ4n) is 1.76. The molecule has 72 valence electrons.